The molecular weight excluding hydrogens is 154 g/mol. The minimum atomic E-state index is -0.762. The minimum Gasteiger partial charge on any atom is -0.480 e. The Morgan fingerprint density at radius 1 is 1.50 bits per heavy atom. The van der Waals surface area contributed by atoms with E-state index in [-0.39, 0.29) is 5.41 Å². The molecule has 0 aliphatic carbocycles. The number of rotatable bonds is 3. The van der Waals surface area contributed by atoms with Crippen LogP contribution in [-0.4, -0.2) is 35.6 Å². The van der Waals surface area contributed by atoms with Crippen molar-refractivity contribution in [3.63, 3.8) is 0 Å². The Morgan fingerprint density at radius 3 is 2.17 bits per heavy atom. The van der Waals surface area contributed by atoms with E-state index < -0.39 is 12.0 Å². The minimum absolute atomic E-state index is 0.151. The third-order valence-electron chi connectivity index (χ3n) is 1.74. The van der Waals surface area contributed by atoms with Crippen molar-refractivity contribution in [2.75, 3.05) is 13.6 Å². The van der Waals surface area contributed by atoms with Gasteiger partial charge in [-0.25, -0.2) is 0 Å². The van der Waals surface area contributed by atoms with Gasteiger partial charge >= 0.3 is 5.97 Å². The first-order valence-electron chi connectivity index (χ1n) is 4.17. The van der Waals surface area contributed by atoms with E-state index in [0.29, 0.717) is 0 Å². The first kappa shape index (κ1) is 11.4. The van der Waals surface area contributed by atoms with Crippen LogP contribution < -0.4 is 0 Å². The summed E-state index contributed by atoms with van der Waals surface area (Å²) in [5, 5.41) is 8.71. The Morgan fingerprint density at radius 2 is 1.92 bits per heavy atom. The number of carboxylic acids is 1. The molecule has 0 amide bonds. The number of hydrogen-bond donors (Lipinski definition) is 1. The second kappa shape index (κ2) is 3.90. The lowest BCUT2D eigenvalue weighted by Crippen LogP contribution is -2.40. The fourth-order valence-electron chi connectivity index (χ4n) is 1.07. The summed E-state index contributed by atoms with van der Waals surface area (Å²) < 4.78 is 0. The number of carbonyl (C=O) groups is 1. The summed E-state index contributed by atoms with van der Waals surface area (Å²) in [5.41, 5.74) is 0.151. The zero-order chi connectivity index (χ0) is 9.94. The predicted octanol–water partition coefficient (Wildman–Crippen LogP) is 1.44. The van der Waals surface area contributed by atoms with Gasteiger partial charge in [0, 0.05) is 6.54 Å². The molecule has 0 saturated carbocycles. The van der Waals surface area contributed by atoms with Crippen LogP contribution in [0.2, 0.25) is 0 Å². The summed E-state index contributed by atoms with van der Waals surface area (Å²) in [6, 6.07) is -0.399. The number of likely N-dealkylation sites (N-methyl/N-ethyl adjacent to an activating group) is 1. The lowest BCUT2D eigenvalue weighted by Gasteiger charge is -2.29. The summed E-state index contributed by atoms with van der Waals surface area (Å²) in [7, 11) is 1.84. The molecule has 0 spiro atoms. The molecular formula is C9H19NO2. The van der Waals surface area contributed by atoms with Gasteiger partial charge in [-0.05, 0) is 19.4 Å². The standard InChI is InChI=1S/C9H19NO2/c1-7(8(11)12)10(5)6-9(2,3)4/h7H,6H2,1-5H3,(H,11,12)/t7-/m0/s1. The van der Waals surface area contributed by atoms with E-state index in [1.54, 1.807) is 6.92 Å². The second-order valence-electron chi connectivity index (χ2n) is 4.49. The molecule has 0 heterocycles. The molecule has 0 aromatic heterocycles. The van der Waals surface area contributed by atoms with Gasteiger partial charge in [-0.2, -0.15) is 0 Å². The number of nitrogens with zero attached hydrogens (tertiary/aromatic N) is 1. The van der Waals surface area contributed by atoms with E-state index in [1.165, 1.54) is 0 Å². The lowest BCUT2D eigenvalue weighted by atomic mass is 9.96. The molecule has 0 aliphatic rings. The first-order valence-corrected chi connectivity index (χ1v) is 4.17. The highest BCUT2D eigenvalue weighted by Crippen LogP contribution is 2.15. The van der Waals surface area contributed by atoms with Crippen molar-refractivity contribution in [1.82, 2.24) is 4.90 Å². The van der Waals surface area contributed by atoms with Crippen molar-refractivity contribution in [3.8, 4) is 0 Å². The van der Waals surface area contributed by atoms with Gasteiger partial charge in [0.15, 0.2) is 0 Å². The van der Waals surface area contributed by atoms with Crippen molar-refractivity contribution in [3.05, 3.63) is 0 Å². The molecule has 72 valence electrons. The Labute approximate surface area is 74.4 Å². The maximum Gasteiger partial charge on any atom is 0.320 e. The fourth-order valence-corrected chi connectivity index (χ4v) is 1.07. The Kier molecular flexibility index (Phi) is 3.71. The van der Waals surface area contributed by atoms with Crippen LogP contribution in [0, 0.1) is 5.41 Å². The van der Waals surface area contributed by atoms with Crippen LogP contribution in [0.15, 0.2) is 0 Å². The monoisotopic (exact) mass is 173 g/mol. The van der Waals surface area contributed by atoms with Gasteiger partial charge in [0.1, 0.15) is 6.04 Å². The molecule has 0 unspecified atom stereocenters. The van der Waals surface area contributed by atoms with Crippen molar-refractivity contribution < 1.29 is 9.90 Å². The third-order valence-corrected chi connectivity index (χ3v) is 1.74. The molecule has 0 fully saturated rings. The Bertz CT molecular complexity index is 160. The van der Waals surface area contributed by atoms with Crippen molar-refractivity contribution in [2.24, 2.45) is 5.41 Å². The van der Waals surface area contributed by atoms with E-state index in [9.17, 15) is 4.79 Å². The summed E-state index contributed by atoms with van der Waals surface area (Å²) in [4.78, 5) is 12.4. The zero-order valence-corrected chi connectivity index (χ0v) is 8.59. The highest BCUT2D eigenvalue weighted by molar-refractivity contribution is 5.72. The van der Waals surface area contributed by atoms with Gasteiger partial charge < -0.3 is 5.11 Å². The molecule has 1 atom stereocenters. The highest BCUT2D eigenvalue weighted by Gasteiger charge is 2.21. The van der Waals surface area contributed by atoms with Crippen LogP contribution in [0.25, 0.3) is 0 Å². The van der Waals surface area contributed by atoms with E-state index >= 15 is 0 Å². The van der Waals surface area contributed by atoms with E-state index in [2.05, 4.69) is 20.8 Å². The predicted molar refractivity (Wildman–Crippen MR) is 49.2 cm³/mol. The van der Waals surface area contributed by atoms with Crippen molar-refractivity contribution >= 4 is 5.97 Å². The summed E-state index contributed by atoms with van der Waals surface area (Å²) in [6.45, 7) is 8.78. The molecule has 12 heavy (non-hydrogen) atoms. The van der Waals surface area contributed by atoms with Gasteiger partial charge in [-0.3, -0.25) is 9.69 Å². The summed E-state index contributed by atoms with van der Waals surface area (Å²) >= 11 is 0. The average Bonchev–Trinajstić information content (AvgIpc) is 1.82. The third kappa shape index (κ3) is 4.34. The molecule has 0 aromatic carbocycles. The second-order valence-corrected chi connectivity index (χ2v) is 4.49. The van der Waals surface area contributed by atoms with Crippen LogP contribution in [0.3, 0.4) is 0 Å². The molecule has 3 heteroatoms. The number of carboxylic acid groups (broad SMARTS) is 1. The first-order chi connectivity index (χ1) is 5.24. The lowest BCUT2D eigenvalue weighted by molar-refractivity contribution is -0.142. The van der Waals surface area contributed by atoms with Crippen molar-refractivity contribution in [2.45, 2.75) is 33.7 Å². The molecule has 0 aliphatic heterocycles. The molecule has 0 aromatic rings. The van der Waals surface area contributed by atoms with Crippen LogP contribution in [0.4, 0.5) is 0 Å². The molecule has 0 rings (SSSR count). The average molecular weight is 173 g/mol. The smallest absolute Gasteiger partial charge is 0.320 e. The zero-order valence-electron chi connectivity index (χ0n) is 8.59. The molecule has 0 saturated heterocycles. The topological polar surface area (TPSA) is 40.5 Å². The van der Waals surface area contributed by atoms with Gasteiger partial charge in [0.25, 0.3) is 0 Å². The summed E-state index contributed by atoms with van der Waals surface area (Å²) in [5.74, 6) is -0.762. The van der Waals surface area contributed by atoms with E-state index in [4.69, 9.17) is 5.11 Å². The molecule has 0 radical (unpaired) electrons. The van der Waals surface area contributed by atoms with Crippen LogP contribution in [0.5, 0.6) is 0 Å². The Hall–Kier alpha value is -0.570. The van der Waals surface area contributed by atoms with Gasteiger partial charge in [0.05, 0.1) is 0 Å². The van der Waals surface area contributed by atoms with Crippen LogP contribution in [-0.2, 0) is 4.79 Å². The quantitative estimate of drug-likeness (QED) is 0.702. The molecule has 3 nitrogen and oxygen atoms in total. The maximum absolute atomic E-state index is 10.6. The molecule has 1 N–H and O–H groups in total. The van der Waals surface area contributed by atoms with Crippen LogP contribution >= 0.6 is 0 Å². The van der Waals surface area contributed by atoms with Gasteiger partial charge in [0.2, 0.25) is 0 Å². The fraction of sp³-hybridized carbons (Fsp3) is 0.889. The van der Waals surface area contributed by atoms with Gasteiger partial charge in [-0.1, -0.05) is 20.8 Å². The van der Waals surface area contributed by atoms with Gasteiger partial charge in [-0.15, -0.1) is 0 Å². The molecule has 0 bridgehead atoms. The SMILES string of the molecule is C[C@@H](C(=O)O)N(C)CC(C)(C)C. The summed E-state index contributed by atoms with van der Waals surface area (Å²) in [6.07, 6.45) is 0. The number of aliphatic carboxylic acids is 1. The highest BCUT2D eigenvalue weighted by atomic mass is 16.4. The van der Waals surface area contributed by atoms with Crippen LogP contribution in [0.1, 0.15) is 27.7 Å². The number of hydrogen-bond acceptors (Lipinski definition) is 2. The normalized spacial score (nSPS) is 14.8. The van der Waals surface area contributed by atoms with Crippen molar-refractivity contribution in [1.29, 1.82) is 0 Å². The van der Waals surface area contributed by atoms with E-state index in [1.807, 2.05) is 11.9 Å². The largest absolute Gasteiger partial charge is 0.480 e. The van der Waals surface area contributed by atoms with E-state index in [0.717, 1.165) is 6.54 Å². The Balaban J connectivity index is 4.04. The maximum atomic E-state index is 10.6.